The Labute approximate surface area is 195 Å². The molecule has 1 atom stereocenters. The number of rotatable bonds is 6. The number of benzene rings is 2. The zero-order chi connectivity index (χ0) is 23.0. The van der Waals surface area contributed by atoms with Crippen molar-refractivity contribution in [3.63, 3.8) is 0 Å². The second-order valence-corrected chi connectivity index (χ2v) is 8.61. The van der Waals surface area contributed by atoms with Crippen LogP contribution in [0, 0.1) is 5.82 Å². The van der Waals surface area contributed by atoms with Crippen LogP contribution in [-0.4, -0.2) is 24.0 Å². The van der Waals surface area contributed by atoms with Gasteiger partial charge in [-0.25, -0.2) is 9.37 Å². The third-order valence-corrected chi connectivity index (χ3v) is 5.83. The highest BCUT2D eigenvalue weighted by Gasteiger charge is 2.23. The third kappa shape index (κ3) is 4.26. The molecule has 2 aromatic carbocycles. The highest BCUT2D eigenvalue weighted by molar-refractivity contribution is 6.36. The predicted molar refractivity (Wildman–Crippen MR) is 127 cm³/mol. The number of nitrogens with two attached hydrogens (primary N) is 1. The lowest BCUT2D eigenvalue weighted by Crippen LogP contribution is -2.10. The third-order valence-electron chi connectivity index (χ3n) is 5.12. The summed E-state index contributed by atoms with van der Waals surface area (Å²) in [7, 11) is 4.04. The molecule has 2 aromatic heterocycles. The molecule has 2 N–H and O–H groups in total. The Balaban J connectivity index is 1.75. The molecule has 0 radical (unpaired) electrons. The summed E-state index contributed by atoms with van der Waals surface area (Å²) >= 11 is 12.4. The van der Waals surface area contributed by atoms with Crippen LogP contribution in [0.1, 0.15) is 24.2 Å². The van der Waals surface area contributed by atoms with E-state index in [-0.39, 0.29) is 16.6 Å². The van der Waals surface area contributed by atoms with Crippen LogP contribution in [-0.2, 0) is 6.54 Å². The molecule has 4 aromatic rings. The zero-order valence-corrected chi connectivity index (χ0v) is 19.3. The van der Waals surface area contributed by atoms with E-state index >= 15 is 0 Å². The Kier molecular flexibility index (Phi) is 6.29. The van der Waals surface area contributed by atoms with Crippen LogP contribution in [0.15, 0.2) is 53.3 Å². The maximum absolute atomic E-state index is 14.0. The maximum atomic E-state index is 14.0. The lowest BCUT2D eigenvalue weighted by atomic mass is 10.0. The van der Waals surface area contributed by atoms with Gasteiger partial charge in [0.2, 0.25) is 5.75 Å². The summed E-state index contributed by atoms with van der Waals surface area (Å²) in [5, 5.41) is 0.946. The molecule has 0 spiro atoms. The lowest BCUT2D eigenvalue weighted by molar-refractivity contribution is 0.227. The Morgan fingerprint density at radius 3 is 2.75 bits per heavy atom. The number of hydrogen-bond donors (Lipinski definition) is 1. The van der Waals surface area contributed by atoms with Gasteiger partial charge < -0.3 is 19.8 Å². The minimum absolute atomic E-state index is 0.0958. The van der Waals surface area contributed by atoms with Crippen molar-refractivity contribution in [3.8, 4) is 16.9 Å². The molecule has 0 amide bonds. The van der Waals surface area contributed by atoms with E-state index in [1.165, 1.54) is 17.7 Å². The van der Waals surface area contributed by atoms with Crippen molar-refractivity contribution in [1.82, 2.24) is 9.88 Å². The fourth-order valence-electron chi connectivity index (χ4n) is 3.67. The summed E-state index contributed by atoms with van der Waals surface area (Å²) in [6, 6.07) is 10.8. The van der Waals surface area contributed by atoms with E-state index in [0.29, 0.717) is 16.2 Å². The highest BCUT2D eigenvalue weighted by atomic mass is 35.5. The molecule has 32 heavy (non-hydrogen) atoms. The first kappa shape index (κ1) is 22.4. The summed E-state index contributed by atoms with van der Waals surface area (Å²) in [6.45, 7) is 2.52. The molecule has 1 unspecified atom stereocenters. The average Bonchev–Trinajstić information content (AvgIpc) is 3.17. The number of pyridine rings is 1. The summed E-state index contributed by atoms with van der Waals surface area (Å²) in [5.74, 6) is -0.180. The van der Waals surface area contributed by atoms with Crippen LogP contribution in [0.3, 0.4) is 0 Å². The molecule has 166 valence electrons. The van der Waals surface area contributed by atoms with Crippen molar-refractivity contribution in [1.29, 1.82) is 0 Å². The molecule has 5 nitrogen and oxygen atoms in total. The molecule has 0 fully saturated rings. The van der Waals surface area contributed by atoms with E-state index in [0.717, 1.165) is 23.1 Å². The van der Waals surface area contributed by atoms with E-state index < -0.39 is 11.9 Å². The van der Waals surface area contributed by atoms with Gasteiger partial charge in [-0.05, 0) is 50.3 Å². The van der Waals surface area contributed by atoms with Gasteiger partial charge >= 0.3 is 0 Å². The van der Waals surface area contributed by atoms with Gasteiger partial charge in [-0.3, -0.25) is 0 Å². The lowest BCUT2D eigenvalue weighted by Gasteiger charge is -2.18. The first-order chi connectivity index (χ1) is 15.3. The summed E-state index contributed by atoms with van der Waals surface area (Å²) in [6.07, 6.45) is 2.61. The van der Waals surface area contributed by atoms with Crippen molar-refractivity contribution in [2.45, 2.75) is 19.6 Å². The van der Waals surface area contributed by atoms with Gasteiger partial charge in [0, 0.05) is 28.9 Å². The van der Waals surface area contributed by atoms with E-state index in [2.05, 4.69) is 22.0 Å². The minimum atomic E-state index is -0.697. The van der Waals surface area contributed by atoms with Crippen LogP contribution in [0.25, 0.3) is 22.1 Å². The van der Waals surface area contributed by atoms with Crippen LogP contribution < -0.4 is 10.5 Å². The molecule has 8 heteroatoms. The topological polar surface area (TPSA) is 64.5 Å². The quantitative estimate of drug-likeness (QED) is 0.314. The van der Waals surface area contributed by atoms with E-state index in [9.17, 15) is 4.39 Å². The fraction of sp³-hybridized carbons (Fsp3) is 0.208. The van der Waals surface area contributed by atoms with Gasteiger partial charge in [-0.2, -0.15) is 0 Å². The molecule has 0 saturated carbocycles. The Hall–Kier alpha value is -2.80. The van der Waals surface area contributed by atoms with E-state index in [1.54, 1.807) is 19.4 Å². The van der Waals surface area contributed by atoms with Gasteiger partial charge in [0.15, 0.2) is 11.4 Å². The van der Waals surface area contributed by atoms with Gasteiger partial charge in [0.25, 0.3) is 0 Å². The molecule has 0 aliphatic carbocycles. The molecular weight excluding hydrogens is 452 g/mol. The molecular formula is C24H22Cl2FN3O2. The van der Waals surface area contributed by atoms with Gasteiger partial charge in [0.1, 0.15) is 11.9 Å². The first-order valence-electron chi connectivity index (χ1n) is 9.96. The number of anilines is 1. The number of hydrogen-bond acceptors (Lipinski definition) is 5. The summed E-state index contributed by atoms with van der Waals surface area (Å²) in [4.78, 5) is 6.39. The zero-order valence-electron chi connectivity index (χ0n) is 17.8. The minimum Gasteiger partial charge on any atom is -0.478 e. The average molecular weight is 474 g/mol. The molecule has 0 aliphatic heterocycles. The number of nitrogen functional groups attached to an aromatic ring is 1. The van der Waals surface area contributed by atoms with Crippen molar-refractivity contribution in [2.75, 3.05) is 19.8 Å². The van der Waals surface area contributed by atoms with Crippen LogP contribution in [0.5, 0.6) is 5.75 Å². The monoisotopic (exact) mass is 473 g/mol. The van der Waals surface area contributed by atoms with Crippen LogP contribution in [0.4, 0.5) is 10.2 Å². The largest absolute Gasteiger partial charge is 0.478 e. The number of ether oxygens (including phenoxy) is 1. The number of fused-ring (bicyclic) bond motifs is 1. The van der Waals surface area contributed by atoms with Gasteiger partial charge in [0.05, 0.1) is 16.7 Å². The van der Waals surface area contributed by atoms with E-state index in [1.807, 2.05) is 26.2 Å². The van der Waals surface area contributed by atoms with Crippen LogP contribution >= 0.6 is 23.2 Å². The molecule has 0 bridgehead atoms. The fourth-order valence-corrected chi connectivity index (χ4v) is 4.35. The van der Waals surface area contributed by atoms with Gasteiger partial charge in [-0.15, -0.1) is 0 Å². The standard InChI is InChI=1S/C24H22Cl2FN3O2/c1-13(20-18(25)7-8-19(27)21(20)26)32-23-22-16(10-29-24(23)28)17(12-31-22)15-6-4-5-14(9-15)11-30(2)3/h4-10,12-13H,11H2,1-3H3,(H2,28,29). The normalized spacial score (nSPS) is 12.5. The predicted octanol–water partition coefficient (Wildman–Crippen LogP) is 6.72. The highest BCUT2D eigenvalue weighted by Crippen LogP contribution is 2.41. The Morgan fingerprint density at radius 1 is 1.22 bits per heavy atom. The van der Waals surface area contributed by atoms with E-state index in [4.69, 9.17) is 38.1 Å². The second-order valence-electron chi connectivity index (χ2n) is 7.82. The summed E-state index contributed by atoms with van der Waals surface area (Å²) < 4.78 is 25.9. The number of halogens is 3. The summed E-state index contributed by atoms with van der Waals surface area (Å²) in [5.41, 5.74) is 9.91. The van der Waals surface area contributed by atoms with Gasteiger partial charge in [-0.1, -0.05) is 41.4 Å². The Bertz CT molecular complexity index is 1290. The Morgan fingerprint density at radius 2 is 2.00 bits per heavy atom. The maximum Gasteiger partial charge on any atom is 0.205 e. The SMILES string of the molecule is CC(Oc1c(N)ncc2c(-c3cccc(CN(C)C)c3)coc12)c1c(Cl)ccc(F)c1Cl. The molecule has 0 aliphatic rings. The second kappa shape index (κ2) is 8.98. The van der Waals surface area contributed by atoms with Crippen molar-refractivity contribution >= 4 is 40.0 Å². The van der Waals surface area contributed by atoms with Crippen molar-refractivity contribution in [3.05, 3.63) is 75.8 Å². The molecule has 0 saturated heterocycles. The molecule has 2 heterocycles. The first-order valence-corrected chi connectivity index (χ1v) is 10.7. The number of furan rings is 1. The smallest absolute Gasteiger partial charge is 0.205 e. The van der Waals surface area contributed by atoms with Crippen molar-refractivity contribution in [2.24, 2.45) is 0 Å². The number of nitrogens with zero attached hydrogens (tertiary/aromatic N) is 2. The molecule has 4 rings (SSSR count). The van der Waals surface area contributed by atoms with Crippen LogP contribution in [0.2, 0.25) is 10.0 Å². The number of aromatic nitrogens is 1. The van der Waals surface area contributed by atoms with Crippen molar-refractivity contribution < 1.29 is 13.5 Å².